The number of nitrogens with zero attached hydrogens (tertiary/aromatic N) is 2. The lowest BCUT2D eigenvalue weighted by Gasteiger charge is -2.40. The van der Waals surface area contributed by atoms with Gasteiger partial charge in [0.25, 0.3) is 0 Å². The second-order valence-electron chi connectivity index (χ2n) is 11.2. The van der Waals surface area contributed by atoms with Crippen LogP contribution in [0.4, 0.5) is 0 Å². The Morgan fingerprint density at radius 2 is 1.30 bits per heavy atom. The number of fused-ring (bicyclic) bond motifs is 2. The van der Waals surface area contributed by atoms with Gasteiger partial charge in [-0.25, -0.2) is 0 Å². The van der Waals surface area contributed by atoms with E-state index in [-0.39, 0.29) is 37.2 Å². The normalized spacial score (nSPS) is 26.7. The first-order chi connectivity index (χ1) is 19.7. The highest BCUT2D eigenvalue weighted by Gasteiger charge is 2.46. The van der Waals surface area contributed by atoms with Crippen molar-refractivity contribution in [3.05, 3.63) is 65.8 Å². The molecule has 2 saturated heterocycles. The summed E-state index contributed by atoms with van der Waals surface area (Å²) in [5, 5.41) is 0. The third-order valence-corrected chi connectivity index (χ3v) is 8.84. The van der Waals surface area contributed by atoms with Gasteiger partial charge in [-0.3, -0.25) is 9.59 Å². The topological polar surface area (TPSA) is 77.5 Å². The Morgan fingerprint density at radius 3 is 2.00 bits per heavy atom. The molecule has 8 heteroatoms. The van der Waals surface area contributed by atoms with Crippen molar-refractivity contribution >= 4 is 17.9 Å². The maximum atomic E-state index is 14.3. The van der Waals surface area contributed by atoms with Gasteiger partial charge in [0, 0.05) is 38.0 Å². The number of benzene rings is 2. The predicted octanol–water partition coefficient (Wildman–Crippen LogP) is 4.60. The van der Waals surface area contributed by atoms with E-state index >= 15 is 0 Å². The summed E-state index contributed by atoms with van der Waals surface area (Å²) in [5.74, 6) is 1.67. The number of hydrogen-bond donors (Lipinski definition) is 0. The summed E-state index contributed by atoms with van der Waals surface area (Å²) >= 11 is 0. The molecule has 0 saturated carbocycles. The van der Waals surface area contributed by atoms with Crippen LogP contribution < -0.4 is 18.9 Å². The van der Waals surface area contributed by atoms with Crippen molar-refractivity contribution in [2.75, 3.05) is 39.8 Å². The molecular weight excluding hydrogens is 508 g/mol. The fourth-order valence-corrected chi connectivity index (χ4v) is 6.73. The lowest BCUT2D eigenvalue weighted by Crippen LogP contribution is -2.48. The smallest absolute Gasteiger partial charge is 0.231 e. The lowest BCUT2D eigenvalue weighted by atomic mass is 9.67. The fourth-order valence-electron chi connectivity index (χ4n) is 6.73. The number of amides is 2. The van der Waals surface area contributed by atoms with E-state index in [1.54, 1.807) is 0 Å². The summed E-state index contributed by atoms with van der Waals surface area (Å²) in [5.41, 5.74) is 1.99. The molecule has 0 radical (unpaired) electrons. The van der Waals surface area contributed by atoms with Gasteiger partial charge < -0.3 is 28.7 Å². The molecule has 0 spiro atoms. The lowest BCUT2D eigenvalue weighted by molar-refractivity contribution is -0.145. The Morgan fingerprint density at radius 1 is 0.700 bits per heavy atom. The molecule has 7 rings (SSSR count). The van der Waals surface area contributed by atoms with Crippen molar-refractivity contribution in [1.29, 1.82) is 0 Å². The van der Waals surface area contributed by atoms with Crippen LogP contribution in [-0.4, -0.2) is 61.4 Å². The first-order valence-corrected chi connectivity index (χ1v) is 14.4. The average molecular weight is 543 g/mol. The quantitative estimate of drug-likeness (QED) is 0.514. The highest BCUT2D eigenvalue weighted by Crippen LogP contribution is 2.46. The van der Waals surface area contributed by atoms with E-state index < -0.39 is 11.8 Å². The molecule has 4 aliphatic heterocycles. The number of allylic oxidation sites excluding steroid dienone is 2. The minimum atomic E-state index is -0.503. The zero-order chi connectivity index (χ0) is 27.1. The van der Waals surface area contributed by atoms with Crippen LogP contribution in [0, 0.1) is 17.8 Å². The van der Waals surface area contributed by atoms with Gasteiger partial charge in [0.05, 0.1) is 11.8 Å². The van der Waals surface area contributed by atoms with Crippen molar-refractivity contribution in [2.24, 2.45) is 17.8 Å². The number of ether oxygens (including phenoxy) is 4. The van der Waals surface area contributed by atoms with Crippen LogP contribution in [0.15, 0.2) is 54.6 Å². The van der Waals surface area contributed by atoms with E-state index in [1.807, 2.05) is 58.4 Å². The van der Waals surface area contributed by atoms with Gasteiger partial charge in [-0.1, -0.05) is 36.4 Å². The van der Waals surface area contributed by atoms with Crippen LogP contribution in [0.5, 0.6) is 23.0 Å². The Balaban J connectivity index is 1.30. The first-order valence-electron chi connectivity index (χ1n) is 14.4. The standard InChI is InChI=1S/C32H34N2O6/c35-31(33-13-1-2-14-33)25-10-9-23(22-7-12-27-29(18-22)40-20-38-27)24(30(25)32(36)34-15-3-4-16-34)8-5-21-6-11-26-28(17-21)39-19-37-26/h5-12,17-18,23-25,30H,1-4,13-16,19-20H2. The maximum Gasteiger partial charge on any atom is 0.231 e. The van der Waals surface area contributed by atoms with Crippen LogP contribution in [0.25, 0.3) is 6.08 Å². The molecular formula is C32H34N2O6. The van der Waals surface area contributed by atoms with Crippen LogP contribution in [0.1, 0.15) is 42.7 Å². The Kier molecular flexibility index (Phi) is 6.61. The summed E-state index contributed by atoms with van der Waals surface area (Å²) in [6, 6.07) is 11.8. The molecule has 4 atom stereocenters. The molecule has 0 aromatic heterocycles. The van der Waals surface area contributed by atoms with E-state index in [1.165, 1.54) is 0 Å². The highest BCUT2D eigenvalue weighted by atomic mass is 16.7. The molecule has 2 aromatic carbocycles. The van der Waals surface area contributed by atoms with Crippen molar-refractivity contribution in [2.45, 2.75) is 31.6 Å². The minimum Gasteiger partial charge on any atom is -0.454 e. The molecule has 4 unspecified atom stereocenters. The number of carbonyl (C=O) groups excluding carboxylic acids is 2. The zero-order valence-electron chi connectivity index (χ0n) is 22.5. The number of hydrogen-bond acceptors (Lipinski definition) is 6. The first kappa shape index (κ1) is 25.1. The average Bonchev–Trinajstić information content (AvgIpc) is 3.81. The van der Waals surface area contributed by atoms with Crippen molar-refractivity contribution < 1.29 is 28.5 Å². The van der Waals surface area contributed by atoms with Gasteiger partial charge in [0.1, 0.15) is 0 Å². The van der Waals surface area contributed by atoms with Crippen molar-refractivity contribution in [3.63, 3.8) is 0 Å². The van der Waals surface area contributed by atoms with Crippen LogP contribution in [0.3, 0.4) is 0 Å². The minimum absolute atomic E-state index is 0.0666. The molecule has 8 nitrogen and oxygen atoms in total. The molecule has 2 amide bonds. The van der Waals surface area contributed by atoms with Gasteiger partial charge in [-0.15, -0.1) is 0 Å². The molecule has 1 aliphatic carbocycles. The molecule has 2 aromatic rings. The Hall–Kier alpha value is -3.94. The van der Waals surface area contributed by atoms with Crippen LogP contribution in [-0.2, 0) is 9.59 Å². The van der Waals surface area contributed by atoms with E-state index in [2.05, 4.69) is 12.2 Å². The molecule has 2 fully saturated rings. The molecule has 4 heterocycles. The van der Waals surface area contributed by atoms with Crippen molar-refractivity contribution in [3.8, 4) is 23.0 Å². The van der Waals surface area contributed by atoms with Gasteiger partial charge >= 0.3 is 0 Å². The van der Waals surface area contributed by atoms with Crippen LogP contribution in [0.2, 0.25) is 0 Å². The Labute approximate surface area is 234 Å². The van der Waals surface area contributed by atoms with Gasteiger partial charge in [-0.05, 0) is 61.1 Å². The van der Waals surface area contributed by atoms with Gasteiger partial charge in [0.15, 0.2) is 23.0 Å². The van der Waals surface area contributed by atoms with Crippen molar-refractivity contribution in [1.82, 2.24) is 9.80 Å². The summed E-state index contributed by atoms with van der Waals surface area (Å²) in [6.07, 6.45) is 12.3. The summed E-state index contributed by atoms with van der Waals surface area (Å²) in [6.45, 7) is 3.44. The second-order valence-corrected chi connectivity index (χ2v) is 11.2. The predicted molar refractivity (Wildman–Crippen MR) is 148 cm³/mol. The molecule has 5 aliphatic rings. The third-order valence-electron chi connectivity index (χ3n) is 8.84. The molecule has 0 bridgehead atoms. The SMILES string of the molecule is O=C(C1C=CC(c2ccc3c(c2)OCO3)C(C=Cc2ccc3c(c2)OCO3)C1C(=O)N1CCCC1)N1CCCC1. The molecule has 208 valence electrons. The molecule has 0 N–H and O–H groups in total. The summed E-state index contributed by atoms with van der Waals surface area (Å²) in [7, 11) is 0. The Bertz CT molecular complexity index is 1360. The largest absolute Gasteiger partial charge is 0.454 e. The van der Waals surface area contributed by atoms with E-state index in [4.69, 9.17) is 18.9 Å². The number of likely N-dealkylation sites (tertiary alicyclic amines) is 2. The fraction of sp³-hybridized carbons (Fsp3) is 0.438. The number of carbonyl (C=O) groups is 2. The van der Waals surface area contributed by atoms with E-state index in [0.717, 1.165) is 74.5 Å². The second kappa shape index (κ2) is 10.6. The van der Waals surface area contributed by atoms with Gasteiger partial charge in [-0.2, -0.15) is 0 Å². The monoisotopic (exact) mass is 542 g/mol. The highest BCUT2D eigenvalue weighted by molar-refractivity contribution is 5.90. The van der Waals surface area contributed by atoms with E-state index in [0.29, 0.717) is 11.5 Å². The zero-order valence-corrected chi connectivity index (χ0v) is 22.5. The number of rotatable bonds is 5. The van der Waals surface area contributed by atoms with Crippen LogP contribution >= 0.6 is 0 Å². The van der Waals surface area contributed by atoms with E-state index in [9.17, 15) is 9.59 Å². The maximum absolute atomic E-state index is 14.3. The summed E-state index contributed by atoms with van der Waals surface area (Å²) < 4.78 is 22.3. The molecule has 40 heavy (non-hydrogen) atoms. The third kappa shape index (κ3) is 4.59. The summed E-state index contributed by atoms with van der Waals surface area (Å²) in [4.78, 5) is 32.1. The van der Waals surface area contributed by atoms with Gasteiger partial charge in [0.2, 0.25) is 25.4 Å².